The molecule has 0 amide bonds. The number of ether oxygens (including phenoxy) is 2. The molecule has 3 rings (SSSR count). The summed E-state index contributed by atoms with van der Waals surface area (Å²) in [5, 5.41) is 9.93. The Kier molecular flexibility index (Phi) is 4.96. The molecule has 0 radical (unpaired) electrons. The van der Waals surface area contributed by atoms with Gasteiger partial charge in [-0.2, -0.15) is 0 Å². The number of nitrogens with zero attached hydrogens (tertiary/aromatic N) is 1. The van der Waals surface area contributed by atoms with Crippen LogP contribution in [0.1, 0.15) is 31.7 Å². The summed E-state index contributed by atoms with van der Waals surface area (Å²) in [5.41, 5.74) is 1.42. The van der Waals surface area contributed by atoms with E-state index in [-0.39, 0.29) is 11.9 Å². The van der Waals surface area contributed by atoms with Crippen molar-refractivity contribution in [2.75, 3.05) is 24.7 Å². The summed E-state index contributed by atoms with van der Waals surface area (Å²) >= 11 is 0. The molecule has 1 aromatic rings. The second-order valence-electron chi connectivity index (χ2n) is 6.18. The Morgan fingerprint density at radius 3 is 2.73 bits per heavy atom. The van der Waals surface area contributed by atoms with E-state index < -0.39 is 6.41 Å². The molecule has 2 fully saturated rings. The van der Waals surface area contributed by atoms with Crippen LogP contribution in [-0.4, -0.2) is 37.4 Å². The molecule has 0 aromatic heterocycles. The van der Waals surface area contributed by atoms with E-state index in [1.54, 1.807) is 4.90 Å². The molecule has 1 aromatic carbocycles. The topological polar surface area (TPSA) is 41.9 Å². The van der Waals surface area contributed by atoms with E-state index in [2.05, 4.69) is 0 Å². The van der Waals surface area contributed by atoms with E-state index in [9.17, 15) is 9.50 Å². The van der Waals surface area contributed by atoms with Gasteiger partial charge >= 0.3 is 0 Å². The van der Waals surface area contributed by atoms with E-state index in [0.717, 1.165) is 44.5 Å². The van der Waals surface area contributed by atoms with Crippen molar-refractivity contribution in [3.05, 3.63) is 29.6 Å². The number of aliphatic hydroxyl groups excluding tert-OH is 1. The van der Waals surface area contributed by atoms with Gasteiger partial charge in [0.1, 0.15) is 5.82 Å². The average molecular weight is 309 g/mol. The fourth-order valence-corrected chi connectivity index (χ4v) is 3.20. The lowest BCUT2D eigenvalue weighted by Gasteiger charge is -2.23. The summed E-state index contributed by atoms with van der Waals surface area (Å²) < 4.78 is 25.1. The van der Waals surface area contributed by atoms with Gasteiger partial charge in [-0.05, 0) is 49.3 Å². The Balaban J connectivity index is 1.69. The van der Waals surface area contributed by atoms with E-state index in [1.165, 1.54) is 6.07 Å². The third-order valence-corrected chi connectivity index (χ3v) is 4.65. The number of rotatable bonds is 4. The first-order valence-electron chi connectivity index (χ1n) is 8.13. The van der Waals surface area contributed by atoms with Crippen LogP contribution >= 0.6 is 0 Å². The zero-order chi connectivity index (χ0) is 15.5. The molecule has 2 atom stereocenters. The molecule has 1 N–H and O–H groups in total. The number of benzene rings is 1. The van der Waals surface area contributed by atoms with Crippen molar-refractivity contribution >= 4 is 5.69 Å². The molecule has 0 spiro atoms. The fourth-order valence-electron chi connectivity index (χ4n) is 3.20. The number of anilines is 1. The van der Waals surface area contributed by atoms with Crippen LogP contribution in [0, 0.1) is 11.7 Å². The van der Waals surface area contributed by atoms with Crippen molar-refractivity contribution in [3.8, 4) is 0 Å². The van der Waals surface area contributed by atoms with Crippen molar-refractivity contribution < 1.29 is 19.0 Å². The number of aliphatic hydroxyl groups is 1. The molecule has 0 aliphatic carbocycles. The predicted octanol–water partition coefficient (Wildman–Crippen LogP) is 2.69. The Morgan fingerprint density at radius 2 is 2.09 bits per heavy atom. The van der Waals surface area contributed by atoms with Crippen LogP contribution in [0.25, 0.3) is 0 Å². The van der Waals surface area contributed by atoms with E-state index >= 15 is 0 Å². The molecule has 122 valence electrons. The van der Waals surface area contributed by atoms with Crippen LogP contribution in [0.3, 0.4) is 0 Å². The molecule has 1 unspecified atom stereocenters. The maximum absolute atomic E-state index is 14.4. The fraction of sp³-hybridized carbons (Fsp3) is 0.647. The summed E-state index contributed by atoms with van der Waals surface area (Å²) in [6.45, 7) is 4.16. The monoisotopic (exact) mass is 309 g/mol. The van der Waals surface area contributed by atoms with Crippen LogP contribution < -0.4 is 4.90 Å². The molecule has 5 heteroatoms. The Hall–Kier alpha value is -1.17. The van der Waals surface area contributed by atoms with E-state index in [0.29, 0.717) is 18.2 Å². The average Bonchev–Trinajstić information content (AvgIpc) is 2.91. The minimum atomic E-state index is -0.981. The third-order valence-electron chi connectivity index (χ3n) is 4.65. The quantitative estimate of drug-likeness (QED) is 0.928. The summed E-state index contributed by atoms with van der Waals surface area (Å²) in [6, 6.07) is 5.23. The zero-order valence-corrected chi connectivity index (χ0v) is 13.0. The highest BCUT2D eigenvalue weighted by molar-refractivity contribution is 5.49. The van der Waals surface area contributed by atoms with E-state index in [1.807, 2.05) is 19.1 Å². The van der Waals surface area contributed by atoms with Gasteiger partial charge in [0.05, 0.1) is 6.10 Å². The Labute approximate surface area is 130 Å². The van der Waals surface area contributed by atoms with Crippen molar-refractivity contribution in [2.24, 2.45) is 5.92 Å². The first-order valence-corrected chi connectivity index (χ1v) is 8.13. The van der Waals surface area contributed by atoms with Crippen molar-refractivity contribution in [1.29, 1.82) is 0 Å². The van der Waals surface area contributed by atoms with Crippen molar-refractivity contribution in [3.63, 3.8) is 0 Å². The normalized spacial score (nSPS) is 26.6. The van der Waals surface area contributed by atoms with Gasteiger partial charge in [0.2, 0.25) is 6.41 Å². The highest BCUT2D eigenvalue weighted by Gasteiger charge is 2.30. The van der Waals surface area contributed by atoms with Crippen LogP contribution in [0.15, 0.2) is 18.2 Å². The maximum Gasteiger partial charge on any atom is 0.238 e. The second kappa shape index (κ2) is 6.94. The van der Waals surface area contributed by atoms with Crippen molar-refractivity contribution in [1.82, 2.24) is 0 Å². The van der Waals surface area contributed by atoms with Crippen LogP contribution in [0.2, 0.25) is 0 Å². The summed E-state index contributed by atoms with van der Waals surface area (Å²) in [4.78, 5) is 1.70. The Morgan fingerprint density at radius 1 is 1.32 bits per heavy atom. The molecule has 0 bridgehead atoms. The van der Waals surface area contributed by atoms with E-state index in [4.69, 9.17) is 9.47 Å². The minimum Gasteiger partial charge on any atom is -0.381 e. The van der Waals surface area contributed by atoms with Gasteiger partial charge in [-0.25, -0.2) is 4.39 Å². The van der Waals surface area contributed by atoms with Gasteiger partial charge in [0.15, 0.2) is 0 Å². The summed E-state index contributed by atoms with van der Waals surface area (Å²) in [6.07, 6.45) is 2.60. The van der Waals surface area contributed by atoms with Crippen LogP contribution in [0.4, 0.5) is 10.1 Å². The Bertz CT molecular complexity index is 505. The van der Waals surface area contributed by atoms with Gasteiger partial charge in [0.25, 0.3) is 0 Å². The van der Waals surface area contributed by atoms with Gasteiger partial charge in [-0.3, -0.25) is 0 Å². The standard InChI is InChI=1S/C17H24FNO3/c1-2-15-11-19(17(20)22-15)14-4-3-13(16(18)10-14)9-12-5-7-21-8-6-12/h3-4,10,12,15,17,20H,2,5-9,11H2,1H3/t15-,17?/m0/s1. The smallest absolute Gasteiger partial charge is 0.238 e. The molecule has 2 aliphatic heterocycles. The van der Waals surface area contributed by atoms with Crippen LogP contribution in [0.5, 0.6) is 0 Å². The molecule has 2 heterocycles. The van der Waals surface area contributed by atoms with Gasteiger partial charge in [0, 0.05) is 25.4 Å². The van der Waals surface area contributed by atoms with Gasteiger partial charge in [-0.1, -0.05) is 13.0 Å². The third kappa shape index (κ3) is 3.42. The molecule has 2 saturated heterocycles. The molecule has 0 saturated carbocycles. The first kappa shape index (κ1) is 15.7. The largest absolute Gasteiger partial charge is 0.381 e. The van der Waals surface area contributed by atoms with Gasteiger partial charge < -0.3 is 19.5 Å². The number of hydrogen-bond donors (Lipinski definition) is 1. The highest BCUT2D eigenvalue weighted by Crippen LogP contribution is 2.28. The molecule has 4 nitrogen and oxygen atoms in total. The summed E-state index contributed by atoms with van der Waals surface area (Å²) in [5.74, 6) is 0.301. The SMILES string of the molecule is CC[C@H]1CN(c2ccc(CC3CCOCC3)c(F)c2)C(O)O1. The zero-order valence-electron chi connectivity index (χ0n) is 13.0. The second-order valence-corrected chi connectivity index (χ2v) is 6.18. The maximum atomic E-state index is 14.4. The van der Waals surface area contributed by atoms with Crippen molar-refractivity contribution in [2.45, 2.75) is 45.1 Å². The highest BCUT2D eigenvalue weighted by atomic mass is 19.1. The van der Waals surface area contributed by atoms with Crippen LogP contribution in [-0.2, 0) is 15.9 Å². The molecular weight excluding hydrogens is 285 g/mol. The first-order chi connectivity index (χ1) is 10.7. The molecule has 2 aliphatic rings. The lowest BCUT2D eigenvalue weighted by atomic mass is 9.92. The number of hydrogen-bond acceptors (Lipinski definition) is 4. The molecular formula is C17H24FNO3. The lowest BCUT2D eigenvalue weighted by molar-refractivity contribution is -0.0887. The molecule has 22 heavy (non-hydrogen) atoms. The number of halogens is 1. The predicted molar refractivity (Wildman–Crippen MR) is 82.2 cm³/mol. The minimum absolute atomic E-state index is 0.0000217. The lowest BCUT2D eigenvalue weighted by Crippen LogP contribution is -2.29. The summed E-state index contributed by atoms with van der Waals surface area (Å²) in [7, 11) is 0. The van der Waals surface area contributed by atoms with Gasteiger partial charge in [-0.15, -0.1) is 0 Å².